The summed E-state index contributed by atoms with van der Waals surface area (Å²) in [7, 11) is 0. The van der Waals surface area contributed by atoms with E-state index in [1.165, 1.54) is 0 Å². The first-order valence-corrected chi connectivity index (χ1v) is 5.24. The third-order valence-corrected chi connectivity index (χ3v) is 2.11. The molecule has 0 radical (unpaired) electrons. The highest BCUT2D eigenvalue weighted by molar-refractivity contribution is 4.62. The predicted molar refractivity (Wildman–Crippen MR) is 56.9 cm³/mol. The fourth-order valence-electron chi connectivity index (χ4n) is 1.25. The average molecular weight is 188 g/mol. The molecule has 0 saturated carbocycles. The molecule has 0 aliphatic carbocycles. The van der Waals surface area contributed by atoms with Gasteiger partial charge in [0.1, 0.15) is 0 Å². The Morgan fingerprint density at radius 3 is 2.46 bits per heavy atom. The molecule has 0 spiro atoms. The van der Waals surface area contributed by atoms with Crippen molar-refractivity contribution in [3.05, 3.63) is 0 Å². The Balaban J connectivity index is 3.54. The lowest BCUT2D eigenvalue weighted by Crippen LogP contribution is -2.35. The van der Waals surface area contributed by atoms with Gasteiger partial charge in [0.25, 0.3) is 0 Å². The second kappa shape index (κ2) is 8.48. The zero-order valence-corrected chi connectivity index (χ0v) is 9.25. The van der Waals surface area contributed by atoms with Crippen molar-refractivity contribution < 1.29 is 4.74 Å². The summed E-state index contributed by atoms with van der Waals surface area (Å²) in [6, 6.07) is 0.590. The second-order valence-electron chi connectivity index (χ2n) is 3.47. The molecule has 0 heterocycles. The van der Waals surface area contributed by atoms with Gasteiger partial charge >= 0.3 is 0 Å². The molecule has 2 N–H and O–H groups in total. The fourth-order valence-corrected chi connectivity index (χ4v) is 1.25. The SMILES string of the molecule is CCOCCN(CCCN)C(C)C. The van der Waals surface area contributed by atoms with Crippen molar-refractivity contribution in [1.82, 2.24) is 4.90 Å². The van der Waals surface area contributed by atoms with Gasteiger partial charge in [0, 0.05) is 19.2 Å². The summed E-state index contributed by atoms with van der Waals surface area (Å²) in [5.74, 6) is 0. The molecule has 3 heteroatoms. The van der Waals surface area contributed by atoms with E-state index in [1.807, 2.05) is 6.92 Å². The van der Waals surface area contributed by atoms with Gasteiger partial charge in [-0.25, -0.2) is 0 Å². The Morgan fingerprint density at radius 2 is 2.00 bits per heavy atom. The highest BCUT2D eigenvalue weighted by Crippen LogP contribution is 1.98. The van der Waals surface area contributed by atoms with E-state index in [0.29, 0.717) is 6.04 Å². The maximum atomic E-state index is 5.47. The first-order chi connectivity index (χ1) is 6.22. The first kappa shape index (κ1) is 12.9. The largest absolute Gasteiger partial charge is 0.380 e. The number of nitrogens with zero attached hydrogens (tertiary/aromatic N) is 1. The molecular weight excluding hydrogens is 164 g/mol. The summed E-state index contributed by atoms with van der Waals surface area (Å²) < 4.78 is 5.32. The molecule has 3 nitrogen and oxygen atoms in total. The van der Waals surface area contributed by atoms with E-state index < -0.39 is 0 Å². The molecule has 0 aliphatic heterocycles. The number of rotatable bonds is 8. The maximum absolute atomic E-state index is 5.47. The minimum absolute atomic E-state index is 0.590. The lowest BCUT2D eigenvalue weighted by atomic mass is 10.3. The smallest absolute Gasteiger partial charge is 0.0593 e. The standard InChI is InChI=1S/C10H24N2O/c1-4-13-9-8-12(10(2)3)7-5-6-11/h10H,4-9,11H2,1-3H3. The van der Waals surface area contributed by atoms with Crippen LogP contribution in [-0.4, -0.2) is 43.8 Å². The van der Waals surface area contributed by atoms with Gasteiger partial charge in [-0.3, -0.25) is 4.90 Å². The van der Waals surface area contributed by atoms with Crippen LogP contribution in [0.5, 0.6) is 0 Å². The molecule has 0 rings (SSSR count). The Hall–Kier alpha value is -0.120. The van der Waals surface area contributed by atoms with Gasteiger partial charge in [0.15, 0.2) is 0 Å². The monoisotopic (exact) mass is 188 g/mol. The van der Waals surface area contributed by atoms with Gasteiger partial charge in [-0.05, 0) is 40.3 Å². The topological polar surface area (TPSA) is 38.5 Å². The van der Waals surface area contributed by atoms with Crippen molar-refractivity contribution in [2.24, 2.45) is 5.73 Å². The van der Waals surface area contributed by atoms with Gasteiger partial charge in [-0.1, -0.05) is 0 Å². The summed E-state index contributed by atoms with van der Waals surface area (Å²) in [4.78, 5) is 2.41. The van der Waals surface area contributed by atoms with Gasteiger partial charge in [0.05, 0.1) is 6.61 Å². The van der Waals surface area contributed by atoms with Crippen LogP contribution in [0.3, 0.4) is 0 Å². The van der Waals surface area contributed by atoms with E-state index in [0.717, 1.165) is 39.3 Å². The van der Waals surface area contributed by atoms with E-state index in [-0.39, 0.29) is 0 Å². The zero-order valence-electron chi connectivity index (χ0n) is 9.25. The number of ether oxygens (including phenoxy) is 1. The molecule has 0 aromatic rings. The Bertz CT molecular complexity index is 107. The van der Waals surface area contributed by atoms with E-state index in [4.69, 9.17) is 10.5 Å². The van der Waals surface area contributed by atoms with Crippen LogP contribution in [-0.2, 0) is 4.74 Å². The normalized spacial score (nSPS) is 11.5. The minimum Gasteiger partial charge on any atom is -0.380 e. The van der Waals surface area contributed by atoms with Crippen molar-refractivity contribution in [2.75, 3.05) is 32.8 Å². The van der Waals surface area contributed by atoms with E-state index in [1.54, 1.807) is 0 Å². The summed E-state index contributed by atoms with van der Waals surface area (Å²) in [5.41, 5.74) is 5.47. The number of hydrogen-bond acceptors (Lipinski definition) is 3. The molecule has 0 aliphatic rings. The summed E-state index contributed by atoms with van der Waals surface area (Å²) in [6.07, 6.45) is 1.07. The van der Waals surface area contributed by atoms with E-state index >= 15 is 0 Å². The van der Waals surface area contributed by atoms with Crippen LogP contribution in [0.15, 0.2) is 0 Å². The molecule has 0 saturated heterocycles. The van der Waals surface area contributed by atoms with E-state index in [9.17, 15) is 0 Å². The Morgan fingerprint density at radius 1 is 1.31 bits per heavy atom. The average Bonchev–Trinajstić information content (AvgIpc) is 2.10. The number of nitrogens with two attached hydrogens (primary N) is 1. The summed E-state index contributed by atoms with van der Waals surface area (Å²) in [5, 5.41) is 0. The molecule has 0 bridgehead atoms. The molecule has 13 heavy (non-hydrogen) atoms. The molecule has 0 unspecified atom stereocenters. The van der Waals surface area contributed by atoms with Crippen molar-refractivity contribution in [3.8, 4) is 0 Å². The van der Waals surface area contributed by atoms with Crippen LogP contribution in [0, 0.1) is 0 Å². The van der Waals surface area contributed by atoms with Crippen LogP contribution in [0.2, 0.25) is 0 Å². The third-order valence-electron chi connectivity index (χ3n) is 2.11. The van der Waals surface area contributed by atoms with Crippen molar-refractivity contribution in [3.63, 3.8) is 0 Å². The van der Waals surface area contributed by atoms with Crippen LogP contribution >= 0.6 is 0 Å². The molecule has 80 valence electrons. The molecule has 0 fully saturated rings. The van der Waals surface area contributed by atoms with Crippen molar-refractivity contribution in [1.29, 1.82) is 0 Å². The van der Waals surface area contributed by atoms with Crippen LogP contribution in [0.4, 0.5) is 0 Å². The second-order valence-corrected chi connectivity index (χ2v) is 3.47. The van der Waals surface area contributed by atoms with Gasteiger partial charge in [-0.15, -0.1) is 0 Å². The lowest BCUT2D eigenvalue weighted by molar-refractivity contribution is 0.101. The highest BCUT2D eigenvalue weighted by Gasteiger charge is 2.07. The third kappa shape index (κ3) is 6.99. The van der Waals surface area contributed by atoms with Crippen LogP contribution < -0.4 is 5.73 Å². The Kier molecular flexibility index (Phi) is 8.40. The zero-order chi connectivity index (χ0) is 10.1. The van der Waals surface area contributed by atoms with Crippen LogP contribution in [0.1, 0.15) is 27.2 Å². The molecule has 0 atom stereocenters. The van der Waals surface area contributed by atoms with Gasteiger partial charge in [-0.2, -0.15) is 0 Å². The summed E-state index contributed by atoms with van der Waals surface area (Å²) >= 11 is 0. The maximum Gasteiger partial charge on any atom is 0.0593 e. The number of hydrogen-bond donors (Lipinski definition) is 1. The molecule has 0 amide bonds. The molecule has 0 aromatic heterocycles. The van der Waals surface area contributed by atoms with Crippen molar-refractivity contribution >= 4 is 0 Å². The van der Waals surface area contributed by atoms with Crippen molar-refractivity contribution in [2.45, 2.75) is 33.2 Å². The Labute approximate surface area is 82.2 Å². The highest BCUT2D eigenvalue weighted by atomic mass is 16.5. The fraction of sp³-hybridized carbons (Fsp3) is 1.00. The van der Waals surface area contributed by atoms with Crippen LogP contribution in [0.25, 0.3) is 0 Å². The van der Waals surface area contributed by atoms with E-state index in [2.05, 4.69) is 18.7 Å². The predicted octanol–water partition coefficient (Wildman–Crippen LogP) is 1.08. The first-order valence-electron chi connectivity index (χ1n) is 5.24. The molecule has 0 aromatic carbocycles. The van der Waals surface area contributed by atoms with Gasteiger partial charge in [0.2, 0.25) is 0 Å². The quantitative estimate of drug-likeness (QED) is 0.579. The lowest BCUT2D eigenvalue weighted by Gasteiger charge is -2.25. The minimum atomic E-state index is 0.590. The van der Waals surface area contributed by atoms with Gasteiger partial charge < -0.3 is 10.5 Å². The molecular formula is C10H24N2O. The summed E-state index contributed by atoms with van der Waals surface area (Å²) in [6.45, 7) is 11.0.